The Morgan fingerprint density at radius 1 is 0.221 bits per heavy atom. The fraction of sp³-hybridized carbons (Fsp3) is 0.462. The summed E-state index contributed by atoms with van der Waals surface area (Å²) in [5.74, 6) is 0. The van der Waals surface area contributed by atoms with Gasteiger partial charge in [0, 0.05) is 19.8 Å². The third-order valence-corrected chi connectivity index (χ3v) is 18.8. The molecule has 0 aromatic heterocycles. The van der Waals surface area contributed by atoms with Crippen LogP contribution in [-0.4, -0.2) is 39.6 Å². The van der Waals surface area contributed by atoms with Gasteiger partial charge in [-0.15, -0.1) is 0 Å². The van der Waals surface area contributed by atoms with Crippen LogP contribution in [0.2, 0.25) is 0 Å². The quantitative estimate of drug-likeness (QED) is 0.0214. The zero-order valence-corrected chi connectivity index (χ0v) is 52.7. The van der Waals surface area contributed by atoms with E-state index in [0.29, 0.717) is 39.6 Å². The second-order valence-electron chi connectivity index (χ2n) is 24.2. The van der Waals surface area contributed by atoms with Crippen LogP contribution in [0.3, 0.4) is 0 Å². The number of benzene rings is 9. The van der Waals surface area contributed by atoms with Gasteiger partial charge in [0.05, 0.1) is 39.6 Å². The summed E-state index contributed by atoms with van der Waals surface area (Å²) in [6.45, 7) is 5.62. The van der Waals surface area contributed by atoms with Crippen LogP contribution in [0, 0.1) is 0 Å². The monoisotopic (exact) mass is 1180 g/mol. The van der Waals surface area contributed by atoms with Gasteiger partial charge >= 0.3 is 7.82 Å². The molecule has 0 fully saturated rings. The minimum Gasteiger partial charge on any atom is -0.377 e. The van der Waals surface area contributed by atoms with Gasteiger partial charge in [0.15, 0.2) is 0 Å². The molecule has 0 heterocycles. The Hall–Kier alpha value is -5.47. The van der Waals surface area contributed by atoms with Crippen molar-refractivity contribution in [1.29, 1.82) is 0 Å². The summed E-state index contributed by atoms with van der Waals surface area (Å²) in [5.41, 5.74) is 3.80. The molecule has 0 amide bonds. The van der Waals surface area contributed by atoms with Gasteiger partial charge in [-0.2, -0.15) is 0 Å². The number of phosphoric ester groups is 1. The van der Waals surface area contributed by atoms with Crippen LogP contribution in [0.5, 0.6) is 0 Å². The van der Waals surface area contributed by atoms with Crippen molar-refractivity contribution >= 4 is 72.5 Å². The van der Waals surface area contributed by atoms with Crippen LogP contribution >= 0.6 is 7.82 Å². The maximum atomic E-state index is 13.9. The Bertz CT molecular complexity index is 3090. The lowest BCUT2D eigenvalue weighted by atomic mass is 10.00. The maximum Gasteiger partial charge on any atom is 0.474 e. The van der Waals surface area contributed by atoms with Crippen molar-refractivity contribution in [2.75, 3.05) is 39.6 Å². The molecule has 9 aromatic rings. The fourth-order valence-electron chi connectivity index (χ4n) is 12.3. The summed E-state index contributed by atoms with van der Waals surface area (Å²) in [6, 6.07) is 59.1. The molecule has 9 aromatic carbocycles. The second kappa shape index (κ2) is 37.4. The molecule has 86 heavy (non-hydrogen) atoms. The molecule has 0 unspecified atom stereocenters. The van der Waals surface area contributed by atoms with Crippen LogP contribution in [0.25, 0.3) is 64.6 Å². The Balaban J connectivity index is 0.584. The summed E-state index contributed by atoms with van der Waals surface area (Å²) >= 11 is 0. The lowest BCUT2D eigenvalue weighted by molar-refractivity contribution is 0.108. The zero-order valence-electron chi connectivity index (χ0n) is 51.8. The van der Waals surface area contributed by atoms with E-state index in [1.807, 2.05) is 0 Å². The van der Waals surface area contributed by atoms with Gasteiger partial charge in [-0.1, -0.05) is 262 Å². The first-order chi connectivity index (χ1) is 42.6. The average Bonchev–Trinajstić information content (AvgIpc) is 3.34. The van der Waals surface area contributed by atoms with Crippen LogP contribution in [0.15, 0.2) is 164 Å². The standard InChI is InChI=1S/C78H99O7P/c79-86(83-52-31-19-13-7-1-4-10-16-28-49-80-61-73-46-34-43-70-55-64-37-22-25-40-67(64)58-76(70)73,84-53-32-20-14-8-2-5-11-17-29-50-81-62-74-47-35-44-71-56-65-38-23-26-41-68(65)59-77(71)74)85-54-33-21-15-9-3-6-12-18-30-51-82-63-75-48-36-45-72-57-66-39-24-27-42-69(66)60-78(72)75/h22-27,34-48,55-60H,1-21,28-33,49-54,61-63H2. The first kappa shape index (κ1) is 65.0. The third-order valence-electron chi connectivity index (χ3n) is 17.3. The van der Waals surface area contributed by atoms with Crippen LogP contribution < -0.4 is 0 Å². The first-order valence-electron chi connectivity index (χ1n) is 33.6. The van der Waals surface area contributed by atoms with Crippen LogP contribution in [0.1, 0.15) is 190 Å². The summed E-state index contributed by atoms with van der Waals surface area (Å²) < 4.78 is 50.4. The van der Waals surface area contributed by atoms with Crippen molar-refractivity contribution in [2.24, 2.45) is 0 Å². The SMILES string of the molecule is O=P(OCCCCCCCCCCCOCc1cccc2cc3ccccc3cc12)(OCCCCCCCCCCCOCc1cccc2cc3ccccc3cc12)OCCCCCCCCCCCOCc1cccc2cc3ccccc3cc12. The number of fused-ring (bicyclic) bond motifs is 6. The van der Waals surface area contributed by atoms with Gasteiger partial charge in [0.1, 0.15) is 0 Å². The van der Waals surface area contributed by atoms with E-state index >= 15 is 0 Å². The average molecular weight is 1180 g/mol. The normalized spacial score (nSPS) is 12.1. The molecule has 0 bridgehead atoms. The van der Waals surface area contributed by atoms with E-state index < -0.39 is 7.82 Å². The van der Waals surface area contributed by atoms with E-state index in [9.17, 15) is 4.57 Å². The smallest absolute Gasteiger partial charge is 0.377 e. The van der Waals surface area contributed by atoms with E-state index in [-0.39, 0.29) is 0 Å². The molecule has 0 saturated carbocycles. The van der Waals surface area contributed by atoms with Gasteiger partial charge in [-0.25, -0.2) is 4.57 Å². The number of ether oxygens (including phenoxy) is 3. The van der Waals surface area contributed by atoms with Gasteiger partial charge < -0.3 is 14.2 Å². The Labute approximate surface area is 515 Å². The molecule has 0 atom stereocenters. The minimum absolute atomic E-state index is 0.411. The molecule has 0 aliphatic carbocycles. The summed E-state index contributed by atoms with van der Waals surface area (Å²) in [6.07, 6.45) is 31.1. The number of unbranched alkanes of at least 4 members (excludes halogenated alkanes) is 24. The Kier molecular flexibility index (Phi) is 28.3. The number of hydrogen-bond acceptors (Lipinski definition) is 7. The van der Waals surface area contributed by atoms with E-state index in [1.54, 1.807) is 0 Å². The highest BCUT2D eigenvalue weighted by molar-refractivity contribution is 7.48. The van der Waals surface area contributed by atoms with Crippen LogP contribution in [-0.2, 0) is 52.2 Å². The van der Waals surface area contributed by atoms with Crippen molar-refractivity contribution in [3.05, 3.63) is 180 Å². The first-order valence-corrected chi connectivity index (χ1v) is 35.0. The third kappa shape index (κ3) is 21.7. The lowest BCUT2D eigenvalue weighted by Crippen LogP contribution is -2.04. The summed E-state index contributed by atoms with van der Waals surface area (Å²) in [7, 11) is -3.61. The molecular formula is C78H99O7P. The highest BCUT2D eigenvalue weighted by Gasteiger charge is 2.26. The number of rotatable bonds is 45. The molecule has 8 heteroatoms. The predicted octanol–water partition coefficient (Wildman–Crippen LogP) is 23.2. The van der Waals surface area contributed by atoms with Gasteiger partial charge in [0.25, 0.3) is 0 Å². The van der Waals surface area contributed by atoms with E-state index in [4.69, 9.17) is 27.8 Å². The van der Waals surface area contributed by atoms with Crippen molar-refractivity contribution in [1.82, 2.24) is 0 Å². The number of hydrogen-bond donors (Lipinski definition) is 0. The predicted molar refractivity (Wildman–Crippen MR) is 363 cm³/mol. The Morgan fingerprint density at radius 3 is 0.686 bits per heavy atom. The highest BCUT2D eigenvalue weighted by atomic mass is 31.2. The van der Waals surface area contributed by atoms with Crippen molar-refractivity contribution in [2.45, 2.75) is 193 Å². The molecule has 458 valence electrons. The largest absolute Gasteiger partial charge is 0.474 e. The minimum atomic E-state index is -3.61. The molecule has 7 nitrogen and oxygen atoms in total. The van der Waals surface area contributed by atoms with Crippen molar-refractivity contribution in [3.8, 4) is 0 Å². The van der Waals surface area contributed by atoms with Gasteiger partial charge in [-0.05, 0) is 156 Å². The Morgan fingerprint density at radius 2 is 0.430 bits per heavy atom. The molecule has 0 saturated heterocycles. The highest BCUT2D eigenvalue weighted by Crippen LogP contribution is 2.50. The molecule has 0 aliphatic rings. The van der Waals surface area contributed by atoms with Crippen molar-refractivity contribution in [3.63, 3.8) is 0 Å². The molecule has 0 radical (unpaired) electrons. The van der Waals surface area contributed by atoms with Gasteiger partial charge in [-0.3, -0.25) is 13.6 Å². The van der Waals surface area contributed by atoms with Crippen LogP contribution in [0.4, 0.5) is 0 Å². The molecular weight excluding hydrogens is 1080 g/mol. The topological polar surface area (TPSA) is 72.5 Å². The van der Waals surface area contributed by atoms with Gasteiger partial charge in [0.2, 0.25) is 0 Å². The second-order valence-corrected chi connectivity index (χ2v) is 25.8. The fourth-order valence-corrected chi connectivity index (χ4v) is 13.6. The molecule has 0 N–H and O–H groups in total. The number of phosphoric acid groups is 1. The summed E-state index contributed by atoms with van der Waals surface area (Å²) in [5, 5.41) is 15.4. The maximum absolute atomic E-state index is 13.9. The van der Waals surface area contributed by atoms with E-state index in [0.717, 1.165) is 96.9 Å². The van der Waals surface area contributed by atoms with E-state index in [2.05, 4.69) is 164 Å². The molecule has 0 aliphatic heterocycles. The molecule has 0 spiro atoms. The lowest BCUT2D eigenvalue weighted by Gasteiger charge is -2.18. The van der Waals surface area contributed by atoms with Crippen molar-refractivity contribution < 1.29 is 32.3 Å². The zero-order chi connectivity index (χ0) is 59.0. The van der Waals surface area contributed by atoms with E-state index in [1.165, 1.54) is 178 Å². The molecule has 9 rings (SSSR count). The summed E-state index contributed by atoms with van der Waals surface area (Å²) in [4.78, 5) is 0.